The molecule has 2 aliphatic rings. The molecule has 2 aromatic carbocycles. The van der Waals surface area contributed by atoms with Crippen molar-refractivity contribution in [2.45, 2.75) is 12.8 Å². The van der Waals surface area contributed by atoms with Crippen LogP contribution in [0.1, 0.15) is 28.9 Å². The summed E-state index contributed by atoms with van der Waals surface area (Å²) in [5, 5.41) is 1.87. The fourth-order valence-electron chi connectivity index (χ4n) is 4.29. The van der Waals surface area contributed by atoms with Gasteiger partial charge in [-0.25, -0.2) is 0 Å². The van der Waals surface area contributed by atoms with Crippen LogP contribution in [0, 0.1) is 5.92 Å². The number of likely N-dealkylation sites (tertiary alicyclic amines) is 1. The summed E-state index contributed by atoms with van der Waals surface area (Å²) in [5.41, 5.74) is 7.74. The first kappa shape index (κ1) is 20.6. The van der Waals surface area contributed by atoms with Crippen molar-refractivity contribution in [1.29, 1.82) is 0 Å². The van der Waals surface area contributed by atoms with Crippen LogP contribution in [0.3, 0.4) is 0 Å². The Kier molecular flexibility index (Phi) is 5.59. The number of hydrogen-bond acceptors (Lipinski definition) is 7. The summed E-state index contributed by atoms with van der Waals surface area (Å²) in [4.78, 5) is 19.5. The number of hydrogen-bond donors (Lipinski definition) is 2. The lowest BCUT2D eigenvalue weighted by Gasteiger charge is -2.33. The van der Waals surface area contributed by atoms with Gasteiger partial charge in [0.05, 0.1) is 17.9 Å². The van der Waals surface area contributed by atoms with E-state index in [0.29, 0.717) is 42.4 Å². The minimum atomic E-state index is -1.58. The molecule has 8 nitrogen and oxygen atoms in total. The molecule has 1 aromatic heterocycles. The van der Waals surface area contributed by atoms with Crippen molar-refractivity contribution >= 4 is 39.8 Å². The molecule has 3 N–H and O–H groups in total. The highest BCUT2D eigenvalue weighted by molar-refractivity contribution is 7.91. The van der Waals surface area contributed by atoms with Gasteiger partial charge in [-0.05, 0) is 40.8 Å². The molecular weight excluding hydrogens is 426 g/mol. The van der Waals surface area contributed by atoms with E-state index in [-0.39, 0.29) is 17.7 Å². The van der Waals surface area contributed by atoms with Crippen molar-refractivity contribution < 1.29 is 14.1 Å². The molecule has 5 rings (SSSR count). The maximum atomic E-state index is 13.3. The third-order valence-electron chi connectivity index (χ3n) is 5.82. The summed E-state index contributed by atoms with van der Waals surface area (Å²) in [7, 11) is 0. The predicted molar refractivity (Wildman–Crippen MR) is 125 cm³/mol. The molecule has 164 valence electrons. The van der Waals surface area contributed by atoms with E-state index in [1.165, 1.54) is 0 Å². The number of pyridine rings is 1. The maximum absolute atomic E-state index is 13.3. The van der Waals surface area contributed by atoms with E-state index in [0.717, 1.165) is 23.6 Å². The summed E-state index contributed by atoms with van der Waals surface area (Å²) < 4.78 is 24.5. The normalized spacial score (nSPS) is 20.3. The minimum Gasteiger partial charge on any atom is -0.566 e. The number of fused-ring (bicyclic) bond motifs is 2. The van der Waals surface area contributed by atoms with Crippen LogP contribution >= 0.6 is 0 Å². The van der Waals surface area contributed by atoms with Crippen LogP contribution in [0.15, 0.2) is 59.1 Å². The largest absolute Gasteiger partial charge is 0.566 e. The molecule has 2 atom stereocenters. The molecule has 0 aliphatic carbocycles. The molecule has 0 saturated carbocycles. The number of carbonyl (C=O) groups is 1. The first-order chi connectivity index (χ1) is 15.6. The number of rotatable bonds is 4. The van der Waals surface area contributed by atoms with Crippen molar-refractivity contribution in [3.8, 4) is 5.75 Å². The van der Waals surface area contributed by atoms with E-state index in [9.17, 15) is 9.35 Å². The Balaban J connectivity index is 1.29. The lowest BCUT2D eigenvalue weighted by molar-refractivity contribution is 0.0629. The van der Waals surface area contributed by atoms with Crippen molar-refractivity contribution in [2.24, 2.45) is 16.0 Å². The number of piperidine rings is 1. The molecule has 9 heteroatoms. The highest BCUT2D eigenvalue weighted by Crippen LogP contribution is 2.31. The van der Waals surface area contributed by atoms with E-state index in [1.54, 1.807) is 12.3 Å². The monoisotopic (exact) mass is 449 g/mol. The zero-order chi connectivity index (χ0) is 22.1. The Morgan fingerprint density at radius 2 is 2.12 bits per heavy atom. The molecule has 1 saturated heterocycles. The minimum absolute atomic E-state index is 0.0494. The molecule has 1 fully saturated rings. The molecular formula is C23H23N5O3S. The van der Waals surface area contributed by atoms with Gasteiger partial charge in [-0.3, -0.25) is 9.78 Å². The number of amidine groups is 1. The lowest BCUT2D eigenvalue weighted by Crippen LogP contribution is -2.42. The summed E-state index contributed by atoms with van der Waals surface area (Å²) in [6.45, 7) is 1.75. The molecule has 0 bridgehead atoms. The average Bonchev–Trinajstić information content (AvgIpc) is 2.81. The Bertz CT molecular complexity index is 1200. The standard InChI is InChI=1S/C23H23N5O3S/c24-22-20-18(26-32(30)27-22)8-3-9-19(20)31-14-15-5-4-12-28(13-15)23(29)21-17-7-2-1-6-16(17)10-11-25-21/h1-3,6-11,15,26H,4-5,12-14H2,(H2,24,27). The molecule has 0 spiro atoms. The number of nitrogens with zero attached hydrogens (tertiary/aromatic N) is 3. The van der Waals surface area contributed by atoms with Gasteiger partial charge in [0.2, 0.25) is 11.5 Å². The average molecular weight is 450 g/mol. The third-order valence-corrected chi connectivity index (χ3v) is 6.57. The van der Waals surface area contributed by atoms with Crippen LogP contribution in [-0.2, 0) is 11.5 Å². The number of nitrogens with one attached hydrogen (secondary N) is 1. The molecule has 32 heavy (non-hydrogen) atoms. The van der Waals surface area contributed by atoms with Gasteiger partial charge in [-0.1, -0.05) is 30.3 Å². The van der Waals surface area contributed by atoms with Crippen LogP contribution < -0.4 is 15.2 Å². The van der Waals surface area contributed by atoms with Crippen molar-refractivity contribution in [3.63, 3.8) is 0 Å². The summed E-state index contributed by atoms with van der Waals surface area (Å²) in [5.74, 6) is 0.913. The van der Waals surface area contributed by atoms with E-state index >= 15 is 0 Å². The Morgan fingerprint density at radius 3 is 3.03 bits per heavy atom. The highest BCUT2D eigenvalue weighted by atomic mass is 32.2. The van der Waals surface area contributed by atoms with E-state index in [2.05, 4.69) is 14.1 Å². The number of nitrogens with two attached hydrogens (primary N) is 1. The number of anilines is 1. The molecule has 0 radical (unpaired) electrons. The quantitative estimate of drug-likeness (QED) is 0.592. The van der Waals surface area contributed by atoms with Crippen LogP contribution in [0.25, 0.3) is 10.8 Å². The number of aromatic nitrogens is 1. The Labute approximate surface area is 188 Å². The van der Waals surface area contributed by atoms with Gasteiger partial charge in [-0.15, -0.1) is 0 Å². The Hall–Kier alpha value is -3.30. The Morgan fingerprint density at radius 1 is 1.25 bits per heavy atom. The van der Waals surface area contributed by atoms with Crippen LogP contribution in [0.5, 0.6) is 5.75 Å². The third kappa shape index (κ3) is 3.96. The van der Waals surface area contributed by atoms with Gasteiger partial charge in [0, 0.05) is 30.6 Å². The zero-order valence-electron chi connectivity index (χ0n) is 17.4. The topological polar surface area (TPSA) is 116 Å². The number of benzene rings is 2. The maximum Gasteiger partial charge on any atom is 0.273 e. The van der Waals surface area contributed by atoms with Crippen molar-refractivity contribution in [2.75, 3.05) is 24.4 Å². The van der Waals surface area contributed by atoms with Crippen molar-refractivity contribution in [1.82, 2.24) is 9.88 Å². The van der Waals surface area contributed by atoms with E-state index in [4.69, 9.17) is 10.5 Å². The fourth-order valence-corrected chi connectivity index (χ4v) is 4.96. The van der Waals surface area contributed by atoms with E-state index in [1.807, 2.05) is 47.4 Å². The second-order valence-corrected chi connectivity index (χ2v) is 8.84. The first-order valence-corrected chi connectivity index (χ1v) is 11.6. The lowest BCUT2D eigenvalue weighted by atomic mass is 9.98. The van der Waals surface area contributed by atoms with Gasteiger partial charge in [-0.2, -0.15) is 4.72 Å². The first-order valence-electron chi connectivity index (χ1n) is 10.5. The summed E-state index contributed by atoms with van der Waals surface area (Å²) in [6, 6.07) is 15.2. The van der Waals surface area contributed by atoms with Gasteiger partial charge >= 0.3 is 0 Å². The highest BCUT2D eigenvalue weighted by Gasteiger charge is 2.28. The smallest absolute Gasteiger partial charge is 0.273 e. The molecule has 3 heterocycles. The molecule has 2 unspecified atom stereocenters. The fraction of sp³-hybridized carbons (Fsp3) is 0.261. The van der Waals surface area contributed by atoms with Gasteiger partial charge < -0.3 is 19.9 Å². The van der Waals surface area contributed by atoms with Gasteiger partial charge in [0.25, 0.3) is 5.91 Å². The molecule has 3 aromatic rings. The van der Waals surface area contributed by atoms with Crippen LogP contribution in [-0.4, -0.2) is 45.9 Å². The van der Waals surface area contributed by atoms with Crippen LogP contribution in [0.2, 0.25) is 0 Å². The van der Waals surface area contributed by atoms with Gasteiger partial charge in [0.1, 0.15) is 11.4 Å². The predicted octanol–water partition coefficient (Wildman–Crippen LogP) is 2.88. The molecule has 1 amide bonds. The second-order valence-electron chi connectivity index (χ2n) is 7.96. The number of carbonyl (C=O) groups excluding carboxylic acids is 1. The SMILES string of the molecule is NC1=N[S+]([O-])Nc2cccc(OCC3CCCN(C(=O)c4nccc5ccccc45)C3)c21. The van der Waals surface area contributed by atoms with Crippen LogP contribution in [0.4, 0.5) is 5.69 Å². The van der Waals surface area contributed by atoms with E-state index < -0.39 is 11.5 Å². The molecule has 2 aliphatic heterocycles. The zero-order valence-corrected chi connectivity index (χ0v) is 18.2. The summed E-state index contributed by atoms with van der Waals surface area (Å²) >= 11 is -1.58. The number of ether oxygens (including phenoxy) is 1. The summed E-state index contributed by atoms with van der Waals surface area (Å²) in [6.07, 6.45) is 3.56. The second kappa shape index (κ2) is 8.68. The van der Waals surface area contributed by atoms with Crippen molar-refractivity contribution in [3.05, 3.63) is 66.0 Å². The number of amides is 1. The van der Waals surface area contributed by atoms with Gasteiger partial charge in [0.15, 0.2) is 5.84 Å².